The molecule has 0 aromatic heterocycles. The molecule has 6 heteroatoms. The summed E-state index contributed by atoms with van der Waals surface area (Å²) in [6, 6.07) is 7.37. The molecule has 1 atom stereocenters. The van der Waals surface area contributed by atoms with E-state index in [2.05, 4.69) is 21.2 Å². The van der Waals surface area contributed by atoms with Crippen molar-refractivity contribution in [3.05, 3.63) is 34.3 Å². The standard InChI is InChI=1S/C12H14BrNO4/c1-8(9-4-2-3-5-10(9)13)14-11(15)6-18-7-12(16)17/h2-5,8H,6-7H2,1H3,(H,14,15)(H,16,17)/t8-/m1/s1. The zero-order valence-electron chi connectivity index (χ0n) is 9.85. The van der Waals surface area contributed by atoms with Gasteiger partial charge in [0.1, 0.15) is 13.2 Å². The molecule has 0 unspecified atom stereocenters. The maximum Gasteiger partial charge on any atom is 0.329 e. The van der Waals surface area contributed by atoms with Crippen LogP contribution in [0.4, 0.5) is 0 Å². The third kappa shape index (κ3) is 4.85. The molecule has 0 aliphatic heterocycles. The topological polar surface area (TPSA) is 75.6 Å². The fraction of sp³-hybridized carbons (Fsp3) is 0.333. The van der Waals surface area contributed by atoms with Crippen LogP contribution in [0.1, 0.15) is 18.5 Å². The number of benzene rings is 1. The van der Waals surface area contributed by atoms with Gasteiger partial charge in [-0.25, -0.2) is 4.79 Å². The largest absolute Gasteiger partial charge is 0.480 e. The molecule has 1 amide bonds. The molecular weight excluding hydrogens is 302 g/mol. The molecule has 0 aliphatic rings. The molecule has 0 saturated heterocycles. The zero-order chi connectivity index (χ0) is 13.5. The molecule has 0 fully saturated rings. The van der Waals surface area contributed by atoms with E-state index in [1.54, 1.807) is 0 Å². The molecule has 0 saturated carbocycles. The minimum Gasteiger partial charge on any atom is -0.480 e. The number of aliphatic carboxylic acids is 1. The van der Waals surface area contributed by atoms with Gasteiger partial charge in [0, 0.05) is 4.47 Å². The number of ether oxygens (including phenoxy) is 1. The third-order valence-electron chi connectivity index (χ3n) is 2.21. The van der Waals surface area contributed by atoms with Crippen molar-refractivity contribution < 1.29 is 19.4 Å². The second-order valence-corrected chi connectivity index (χ2v) is 4.55. The van der Waals surface area contributed by atoms with Gasteiger partial charge >= 0.3 is 5.97 Å². The van der Waals surface area contributed by atoms with E-state index in [0.29, 0.717) is 0 Å². The van der Waals surface area contributed by atoms with E-state index in [9.17, 15) is 9.59 Å². The van der Waals surface area contributed by atoms with E-state index in [0.717, 1.165) is 10.0 Å². The molecule has 0 spiro atoms. The molecule has 0 radical (unpaired) electrons. The lowest BCUT2D eigenvalue weighted by Crippen LogP contribution is -2.31. The van der Waals surface area contributed by atoms with Gasteiger partial charge < -0.3 is 15.2 Å². The van der Waals surface area contributed by atoms with Crippen molar-refractivity contribution in [2.75, 3.05) is 13.2 Å². The summed E-state index contributed by atoms with van der Waals surface area (Å²) in [7, 11) is 0. The van der Waals surface area contributed by atoms with E-state index >= 15 is 0 Å². The van der Waals surface area contributed by atoms with Gasteiger partial charge in [-0.1, -0.05) is 34.1 Å². The van der Waals surface area contributed by atoms with Crippen molar-refractivity contribution in [1.82, 2.24) is 5.32 Å². The summed E-state index contributed by atoms with van der Waals surface area (Å²) < 4.78 is 5.61. The Morgan fingerprint density at radius 3 is 2.67 bits per heavy atom. The molecular formula is C12H14BrNO4. The van der Waals surface area contributed by atoms with Crippen LogP contribution >= 0.6 is 15.9 Å². The summed E-state index contributed by atoms with van der Waals surface area (Å²) in [5.74, 6) is -1.44. The van der Waals surface area contributed by atoms with Crippen LogP contribution in [0.15, 0.2) is 28.7 Å². The number of nitrogens with one attached hydrogen (secondary N) is 1. The van der Waals surface area contributed by atoms with Crippen LogP contribution in [0.5, 0.6) is 0 Å². The molecule has 1 rings (SSSR count). The van der Waals surface area contributed by atoms with Crippen molar-refractivity contribution in [2.24, 2.45) is 0 Å². The number of amides is 1. The number of carbonyl (C=O) groups is 2. The maximum atomic E-state index is 11.5. The SMILES string of the molecule is C[C@@H](NC(=O)COCC(=O)O)c1ccccc1Br. The minimum atomic E-state index is -1.10. The fourth-order valence-corrected chi connectivity index (χ4v) is 2.05. The molecule has 5 nitrogen and oxygen atoms in total. The number of hydrogen-bond donors (Lipinski definition) is 2. The van der Waals surface area contributed by atoms with Crippen molar-refractivity contribution >= 4 is 27.8 Å². The molecule has 1 aromatic carbocycles. The normalized spacial score (nSPS) is 11.9. The summed E-state index contributed by atoms with van der Waals surface area (Å²) in [6.45, 7) is 1.10. The second-order valence-electron chi connectivity index (χ2n) is 3.70. The average Bonchev–Trinajstić information content (AvgIpc) is 2.28. The third-order valence-corrected chi connectivity index (χ3v) is 2.93. The van der Waals surface area contributed by atoms with Crippen LogP contribution in [0.3, 0.4) is 0 Å². The summed E-state index contributed by atoms with van der Waals surface area (Å²) in [6.07, 6.45) is 0. The van der Waals surface area contributed by atoms with Gasteiger partial charge in [0.25, 0.3) is 0 Å². The minimum absolute atomic E-state index is 0.179. The fourth-order valence-electron chi connectivity index (χ4n) is 1.42. The van der Waals surface area contributed by atoms with Crippen LogP contribution in [0.2, 0.25) is 0 Å². The Balaban J connectivity index is 2.45. The summed E-state index contributed by atoms with van der Waals surface area (Å²) in [5, 5.41) is 11.1. The quantitative estimate of drug-likeness (QED) is 0.838. The summed E-state index contributed by atoms with van der Waals surface area (Å²) >= 11 is 3.40. The van der Waals surface area contributed by atoms with Crippen LogP contribution in [0, 0.1) is 0 Å². The van der Waals surface area contributed by atoms with Crippen LogP contribution in [0.25, 0.3) is 0 Å². The van der Waals surface area contributed by atoms with Crippen LogP contribution < -0.4 is 5.32 Å². The highest BCUT2D eigenvalue weighted by Crippen LogP contribution is 2.22. The van der Waals surface area contributed by atoms with Gasteiger partial charge in [-0.2, -0.15) is 0 Å². The lowest BCUT2D eigenvalue weighted by atomic mass is 10.1. The first-order chi connectivity index (χ1) is 8.50. The first-order valence-electron chi connectivity index (χ1n) is 5.34. The smallest absolute Gasteiger partial charge is 0.329 e. The van der Waals surface area contributed by atoms with Crippen LogP contribution in [-0.4, -0.2) is 30.2 Å². The Kier molecular flexibility index (Phi) is 5.80. The molecule has 98 valence electrons. The molecule has 0 heterocycles. The zero-order valence-corrected chi connectivity index (χ0v) is 11.4. The highest BCUT2D eigenvalue weighted by Gasteiger charge is 2.12. The van der Waals surface area contributed by atoms with E-state index < -0.39 is 12.6 Å². The lowest BCUT2D eigenvalue weighted by molar-refractivity contribution is -0.143. The van der Waals surface area contributed by atoms with Crippen molar-refractivity contribution in [1.29, 1.82) is 0 Å². The first-order valence-corrected chi connectivity index (χ1v) is 6.13. The van der Waals surface area contributed by atoms with Crippen molar-refractivity contribution in [3.63, 3.8) is 0 Å². The maximum absolute atomic E-state index is 11.5. The number of carbonyl (C=O) groups excluding carboxylic acids is 1. The number of rotatable bonds is 6. The van der Waals surface area contributed by atoms with E-state index in [1.807, 2.05) is 31.2 Å². The Labute approximate surface area is 113 Å². The van der Waals surface area contributed by atoms with Gasteiger partial charge in [-0.05, 0) is 18.6 Å². The van der Waals surface area contributed by atoms with Gasteiger partial charge in [0.05, 0.1) is 6.04 Å². The number of hydrogen-bond acceptors (Lipinski definition) is 3. The van der Waals surface area contributed by atoms with Crippen LogP contribution in [-0.2, 0) is 14.3 Å². The highest BCUT2D eigenvalue weighted by molar-refractivity contribution is 9.10. The second kappa shape index (κ2) is 7.13. The van der Waals surface area contributed by atoms with Gasteiger partial charge in [-0.3, -0.25) is 4.79 Å². The number of carboxylic acid groups (broad SMARTS) is 1. The summed E-state index contributed by atoms with van der Waals surface area (Å²) in [5.41, 5.74) is 0.948. The Bertz CT molecular complexity index is 436. The van der Waals surface area contributed by atoms with Crippen molar-refractivity contribution in [3.8, 4) is 0 Å². The Morgan fingerprint density at radius 2 is 2.06 bits per heavy atom. The van der Waals surface area contributed by atoms with Gasteiger partial charge in [0.15, 0.2) is 0 Å². The number of halogens is 1. The Hall–Kier alpha value is -1.40. The molecule has 2 N–H and O–H groups in total. The Morgan fingerprint density at radius 1 is 1.39 bits per heavy atom. The van der Waals surface area contributed by atoms with E-state index in [-0.39, 0.29) is 18.6 Å². The van der Waals surface area contributed by atoms with Gasteiger partial charge in [0.2, 0.25) is 5.91 Å². The molecule has 0 bridgehead atoms. The summed E-state index contributed by atoms with van der Waals surface area (Å²) in [4.78, 5) is 21.7. The van der Waals surface area contributed by atoms with E-state index in [1.165, 1.54) is 0 Å². The number of carboxylic acids is 1. The van der Waals surface area contributed by atoms with Crippen molar-refractivity contribution in [2.45, 2.75) is 13.0 Å². The molecule has 18 heavy (non-hydrogen) atoms. The average molecular weight is 316 g/mol. The van der Waals surface area contributed by atoms with E-state index in [4.69, 9.17) is 9.84 Å². The molecule has 1 aromatic rings. The predicted molar refractivity (Wildman–Crippen MR) is 69.2 cm³/mol. The predicted octanol–water partition coefficient (Wildman–Crippen LogP) is 1.73. The molecule has 0 aliphatic carbocycles. The highest BCUT2D eigenvalue weighted by atomic mass is 79.9. The van der Waals surface area contributed by atoms with Gasteiger partial charge in [-0.15, -0.1) is 0 Å². The first kappa shape index (κ1) is 14.7. The monoisotopic (exact) mass is 315 g/mol. The lowest BCUT2D eigenvalue weighted by Gasteiger charge is -2.15.